The molecule has 28 heavy (non-hydrogen) atoms. The van der Waals surface area contributed by atoms with Crippen LogP contribution in [-0.4, -0.2) is 117 Å². The largest absolute Gasteiger partial charge is 0.450 e. The van der Waals surface area contributed by atoms with Crippen LogP contribution in [0.3, 0.4) is 0 Å². The topological polar surface area (TPSA) is 63.7 Å². The zero-order valence-electron chi connectivity index (χ0n) is 17.9. The van der Waals surface area contributed by atoms with Gasteiger partial charge in [0.15, 0.2) is 5.96 Å². The minimum absolute atomic E-state index is 0. The maximum atomic E-state index is 11.8. The van der Waals surface area contributed by atoms with E-state index in [1.165, 1.54) is 19.5 Å². The second kappa shape index (κ2) is 14.2. The van der Waals surface area contributed by atoms with Gasteiger partial charge in [0.05, 0.1) is 6.61 Å². The highest BCUT2D eigenvalue weighted by atomic mass is 127. The third-order valence-electron chi connectivity index (χ3n) is 5.15. The number of nitrogens with zero attached hydrogens (tertiary/aromatic N) is 5. The second-order valence-electron chi connectivity index (χ2n) is 7.26. The zero-order valence-corrected chi connectivity index (χ0v) is 20.2. The van der Waals surface area contributed by atoms with Gasteiger partial charge in [0.25, 0.3) is 0 Å². The molecule has 0 saturated carbocycles. The lowest BCUT2D eigenvalue weighted by atomic mass is 10.3. The van der Waals surface area contributed by atoms with Crippen molar-refractivity contribution in [2.45, 2.75) is 26.7 Å². The van der Waals surface area contributed by atoms with Gasteiger partial charge in [-0.1, -0.05) is 0 Å². The number of hydrogen-bond donors (Lipinski definition) is 1. The van der Waals surface area contributed by atoms with Crippen molar-refractivity contribution in [1.29, 1.82) is 0 Å². The van der Waals surface area contributed by atoms with Crippen LogP contribution in [0.1, 0.15) is 26.7 Å². The van der Waals surface area contributed by atoms with E-state index in [1.54, 1.807) is 4.90 Å². The number of piperazine rings is 1. The van der Waals surface area contributed by atoms with Crippen LogP contribution in [0.5, 0.6) is 0 Å². The summed E-state index contributed by atoms with van der Waals surface area (Å²) in [5.74, 6) is 0.969. The molecule has 2 heterocycles. The fourth-order valence-electron chi connectivity index (χ4n) is 3.54. The van der Waals surface area contributed by atoms with Gasteiger partial charge < -0.3 is 29.7 Å². The summed E-state index contributed by atoms with van der Waals surface area (Å²) in [7, 11) is 2.21. The fraction of sp³-hybridized carbons (Fsp3) is 0.895. The number of amides is 1. The minimum Gasteiger partial charge on any atom is -0.450 e. The molecule has 2 fully saturated rings. The van der Waals surface area contributed by atoms with E-state index in [0.717, 1.165) is 58.2 Å². The molecule has 0 unspecified atom stereocenters. The van der Waals surface area contributed by atoms with E-state index in [-0.39, 0.29) is 30.1 Å². The Morgan fingerprint density at radius 2 is 1.71 bits per heavy atom. The number of halogens is 1. The first-order valence-corrected chi connectivity index (χ1v) is 10.5. The van der Waals surface area contributed by atoms with Crippen molar-refractivity contribution in [2.24, 2.45) is 4.99 Å². The van der Waals surface area contributed by atoms with E-state index in [9.17, 15) is 4.79 Å². The zero-order chi connectivity index (χ0) is 19.5. The average Bonchev–Trinajstić information content (AvgIpc) is 2.89. The van der Waals surface area contributed by atoms with Crippen LogP contribution in [0, 0.1) is 0 Å². The smallest absolute Gasteiger partial charge is 0.409 e. The number of hydrogen-bond acceptors (Lipinski definition) is 5. The maximum Gasteiger partial charge on any atom is 0.409 e. The molecule has 0 spiro atoms. The van der Waals surface area contributed by atoms with Gasteiger partial charge in [0.1, 0.15) is 0 Å². The highest BCUT2D eigenvalue weighted by Crippen LogP contribution is 2.05. The molecule has 2 aliphatic heterocycles. The Morgan fingerprint density at radius 1 is 1.00 bits per heavy atom. The number of aliphatic imine (C=N–C) groups is 1. The summed E-state index contributed by atoms with van der Waals surface area (Å²) in [4.78, 5) is 25.7. The van der Waals surface area contributed by atoms with Gasteiger partial charge in [-0.25, -0.2) is 4.79 Å². The van der Waals surface area contributed by atoms with Gasteiger partial charge >= 0.3 is 6.09 Å². The van der Waals surface area contributed by atoms with Crippen molar-refractivity contribution >= 4 is 36.0 Å². The molecule has 2 rings (SSSR count). The predicted octanol–water partition coefficient (Wildman–Crippen LogP) is 1.37. The summed E-state index contributed by atoms with van der Waals surface area (Å²) in [6.45, 7) is 14.9. The number of nitrogens with one attached hydrogen (secondary N) is 1. The van der Waals surface area contributed by atoms with Gasteiger partial charge in [0.2, 0.25) is 0 Å². The molecule has 0 aromatic rings. The van der Waals surface area contributed by atoms with Crippen molar-refractivity contribution in [3.05, 3.63) is 0 Å². The molecule has 9 heteroatoms. The molecule has 0 bridgehead atoms. The molecule has 1 N–H and O–H groups in total. The lowest BCUT2D eigenvalue weighted by Gasteiger charge is -2.36. The van der Waals surface area contributed by atoms with E-state index >= 15 is 0 Å². The Balaban J connectivity index is 0.00000392. The molecule has 1 amide bonds. The fourth-order valence-corrected chi connectivity index (χ4v) is 3.54. The van der Waals surface area contributed by atoms with Gasteiger partial charge in [0, 0.05) is 52.4 Å². The second-order valence-corrected chi connectivity index (χ2v) is 7.26. The highest BCUT2D eigenvalue weighted by molar-refractivity contribution is 14.0. The van der Waals surface area contributed by atoms with Crippen LogP contribution in [0.4, 0.5) is 4.79 Å². The summed E-state index contributed by atoms with van der Waals surface area (Å²) in [5.41, 5.74) is 0. The Hall–Kier alpha value is -0.810. The predicted molar refractivity (Wildman–Crippen MR) is 125 cm³/mol. The molecule has 0 aromatic carbocycles. The standard InChI is InChI=1S/C19H38N6O2.HI/c1-4-20-18(24-14-16-25(17-15-24)19(26)27-5-2)21-8-6-10-23-11-7-9-22(3)12-13-23;/h4-17H2,1-3H3,(H,20,21);1H. The third kappa shape index (κ3) is 8.69. The lowest BCUT2D eigenvalue weighted by molar-refractivity contribution is 0.0914. The number of guanidine groups is 1. The first-order chi connectivity index (χ1) is 13.1. The van der Waals surface area contributed by atoms with E-state index < -0.39 is 0 Å². The van der Waals surface area contributed by atoms with Crippen LogP contribution in [0.2, 0.25) is 0 Å². The normalized spacial score (nSPS) is 19.8. The van der Waals surface area contributed by atoms with Crippen LogP contribution in [-0.2, 0) is 4.74 Å². The summed E-state index contributed by atoms with van der Waals surface area (Å²) in [6.07, 6.45) is 2.14. The molecular formula is C19H39IN6O2. The van der Waals surface area contributed by atoms with Crippen LogP contribution in [0.15, 0.2) is 4.99 Å². The molecule has 0 atom stereocenters. The average molecular weight is 510 g/mol. The van der Waals surface area contributed by atoms with E-state index in [0.29, 0.717) is 19.7 Å². The lowest BCUT2D eigenvalue weighted by Crippen LogP contribution is -2.54. The molecule has 2 aliphatic rings. The SMILES string of the molecule is CCNC(=NCCCN1CCCN(C)CC1)N1CCN(C(=O)OCC)CC1.I. The monoisotopic (exact) mass is 510 g/mol. The summed E-state index contributed by atoms with van der Waals surface area (Å²) >= 11 is 0. The number of likely N-dealkylation sites (N-methyl/N-ethyl adjacent to an activating group) is 1. The number of rotatable bonds is 6. The summed E-state index contributed by atoms with van der Waals surface area (Å²) in [5, 5.41) is 3.40. The summed E-state index contributed by atoms with van der Waals surface area (Å²) < 4.78 is 5.09. The van der Waals surface area contributed by atoms with Crippen molar-refractivity contribution in [3.8, 4) is 0 Å². The molecule has 0 radical (unpaired) electrons. The Bertz CT molecular complexity index is 471. The maximum absolute atomic E-state index is 11.8. The number of carbonyl (C=O) groups excluding carboxylic acids is 1. The van der Waals surface area contributed by atoms with E-state index in [2.05, 4.69) is 34.0 Å². The molecule has 0 aliphatic carbocycles. The Kier molecular flexibility index (Phi) is 12.8. The highest BCUT2D eigenvalue weighted by Gasteiger charge is 2.23. The molecule has 2 saturated heterocycles. The van der Waals surface area contributed by atoms with Gasteiger partial charge in [-0.05, 0) is 53.4 Å². The Labute approximate surface area is 187 Å². The van der Waals surface area contributed by atoms with Crippen molar-refractivity contribution in [1.82, 2.24) is 24.9 Å². The van der Waals surface area contributed by atoms with Crippen molar-refractivity contribution in [3.63, 3.8) is 0 Å². The van der Waals surface area contributed by atoms with Gasteiger partial charge in [-0.15, -0.1) is 24.0 Å². The first-order valence-electron chi connectivity index (χ1n) is 10.5. The summed E-state index contributed by atoms with van der Waals surface area (Å²) in [6, 6.07) is 0. The Morgan fingerprint density at radius 3 is 2.39 bits per heavy atom. The molecule has 8 nitrogen and oxygen atoms in total. The first kappa shape index (κ1) is 25.2. The van der Waals surface area contributed by atoms with Crippen molar-refractivity contribution < 1.29 is 9.53 Å². The van der Waals surface area contributed by atoms with E-state index in [1.807, 2.05) is 6.92 Å². The minimum atomic E-state index is -0.206. The number of ether oxygens (including phenoxy) is 1. The van der Waals surface area contributed by atoms with E-state index in [4.69, 9.17) is 9.73 Å². The molecule has 0 aromatic heterocycles. The van der Waals surface area contributed by atoms with Crippen LogP contribution < -0.4 is 5.32 Å². The molecular weight excluding hydrogens is 471 g/mol. The van der Waals surface area contributed by atoms with Gasteiger partial charge in [-0.3, -0.25) is 4.99 Å². The number of carbonyl (C=O) groups is 1. The quantitative estimate of drug-likeness (QED) is 0.252. The van der Waals surface area contributed by atoms with Crippen LogP contribution >= 0.6 is 24.0 Å². The van der Waals surface area contributed by atoms with Crippen LogP contribution in [0.25, 0.3) is 0 Å². The molecule has 164 valence electrons. The van der Waals surface area contributed by atoms with Crippen molar-refractivity contribution in [2.75, 3.05) is 85.6 Å². The van der Waals surface area contributed by atoms with Gasteiger partial charge in [-0.2, -0.15) is 0 Å². The third-order valence-corrected chi connectivity index (χ3v) is 5.15.